The highest BCUT2D eigenvalue weighted by Crippen LogP contribution is 2.32. The summed E-state index contributed by atoms with van der Waals surface area (Å²) in [6, 6.07) is 10.5. The Bertz CT molecular complexity index is 925. The number of nitrogens with one attached hydrogen (secondary N) is 1. The summed E-state index contributed by atoms with van der Waals surface area (Å²) in [5, 5.41) is 3.91. The molecular weight excluding hydrogens is 360 g/mol. The number of aliphatic imine (C=N–C) groups is 1. The molecule has 0 spiro atoms. The molecule has 2 aromatic rings. The summed E-state index contributed by atoms with van der Waals surface area (Å²) in [6.07, 6.45) is -0.706. The zero-order valence-corrected chi connectivity index (χ0v) is 16.7. The molecule has 5 N–H and O–H groups in total. The molecule has 0 saturated heterocycles. The van der Waals surface area contributed by atoms with Gasteiger partial charge in [-0.3, -0.25) is 0 Å². The summed E-state index contributed by atoms with van der Waals surface area (Å²) in [7, 11) is 0. The normalized spacial score (nSPS) is 11.6. The molecule has 0 aliphatic heterocycles. The Morgan fingerprint density at radius 2 is 1.57 bits per heavy atom. The van der Waals surface area contributed by atoms with Crippen LogP contribution >= 0.6 is 0 Å². The first-order chi connectivity index (χ1) is 12.9. The summed E-state index contributed by atoms with van der Waals surface area (Å²) in [5.74, 6) is -0.384. The van der Waals surface area contributed by atoms with E-state index in [4.69, 9.17) is 20.9 Å². The van der Waals surface area contributed by atoms with Gasteiger partial charge in [0.2, 0.25) is 0 Å². The maximum atomic E-state index is 12.7. The molecule has 0 atom stereocenters. The number of benzene rings is 2. The minimum absolute atomic E-state index is 0.0717. The van der Waals surface area contributed by atoms with E-state index in [2.05, 4.69) is 10.3 Å². The first-order valence-corrected chi connectivity index (χ1v) is 8.74. The lowest BCUT2D eigenvalue weighted by Crippen LogP contribution is -2.52. The fourth-order valence-corrected chi connectivity index (χ4v) is 2.43. The molecule has 1 amide bonds. The number of nitrogens with zero attached hydrogens (tertiary/aromatic N) is 1. The summed E-state index contributed by atoms with van der Waals surface area (Å²) in [6.45, 7) is 8.29. The van der Waals surface area contributed by atoms with Gasteiger partial charge in [-0.15, -0.1) is 0 Å². The molecule has 0 aromatic heterocycles. The molecule has 2 aromatic carbocycles. The highest BCUT2D eigenvalue weighted by Gasteiger charge is 2.33. The molecule has 0 saturated carbocycles. The number of esters is 1. The number of hydrogen-bond acceptors (Lipinski definition) is 5. The molecule has 0 aliphatic rings. The van der Waals surface area contributed by atoms with Crippen LogP contribution < -0.4 is 21.5 Å². The number of alkyl carbamates (subject to hydrolysis) is 1. The van der Waals surface area contributed by atoms with Crippen molar-refractivity contribution in [2.45, 2.75) is 45.8 Å². The minimum Gasteiger partial charge on any atom is -0.444 e. The molecule has 28 heavy (non-hydrogen) atoms. The first kappa shape index (κ1) is 21.0. The molecule has 0 fully saturated rings. The molecule has 0 heterocycles. The molecule has 0 radical (unpaired) electrons. The fraction of sp³-hybridized carbons (Fsp3) is 0.350. The molecule has 8 heteroatoms. The molecule has 150 valence electrons. The number of carbonyl (C=O) groups is 2. The number of ether oxygens (including phenoxy) is 2. The molecule has 0 bridgehead atoms. The Labute approximate surface area is 163 Å². The number of guanidine groups is 1. The average molecular weight is 386 g/mol. The highest BCUT2D eigenvalue weighted by atomic mass is 16.6. The van der Waals surface area contributed by atoms with Crippen LogP contribution in [-0.2, 0) is 9.53 Å². The number of amides is 1. The lowest BCUT2D eigenvalue weighted by molar-refractivity contribution is -0.140. The third-order valence-electron chi connectivity index (χ3n) is 3.64. The van der Waals surface area contributed by atoms with Crippen LogP contribution in [0.15, 0.2) is 41.4 Å². The second-order valence-corrected chi connectivity index (χ2v) is 7.81. The summed E-state index contributed by atoms with van der Waals surface area (Å²) < 4.78 is 10.8. The summed E-state index contributed by atoms with van der Waals surface area (Å²) in [5.41, 5.74) is 9.52. The van der Waals surface area contributed by atoms with Crippen molar-refractivity contribution in [3.8, 4) is 5.75 Å². The summed E-state index contributed by atoms with van der Waals surface area (Å²) in [4.78, 5) is 28.8. The Morgan fingerprint density at radius 1 is 0.964 bits per heavy atom. The van der Waals surface area contributed by atoms with Crippen LogP contribution in [0.3, 0.4) is 0 Å². The molecule has 2 rings (SSSR count). The fourth-order valence-electron chi connectivity index (χ4n) is 2.43. The van der Waals surface area contributed by atoms with E-state index in [1.807, 2.05) is 6.07 Å². The van der Waals surface area contributed by atoms with E-state index in [-0.39, 0.29) is 5.96 Å². The number of rotatable bonds is 4. The largest absolute Gasteiger partial charge is 0.444 e. The van der Waals surface area contributed by atoms with E-state index in [0.717, 1.165) is 5.39 Å². The monoisotopic (exact) mass is 386 g/mol. The molecule has 0 unspecified atom stereocenters. The van der Waals surface area contributed by atoms with Crippen LogP contribution in [0.1, 0.15) is 34.6 Å². The Kier molecular flexibility index (Phi) is 5.82. The van der Waals surface area contributed by atoms with Gasteiger partial charge in [0, 0.05) is 10.8 Å². The van der Waals surface area contributed by atoms with Gasteiger partial charge >= 0.3 is 12.1 Å². The molecule has 0 aliphatic carbocycles. The zero-order valence-electron chi connectivity index (χ0n) is 16.7. The smallest absolute Gasteiger partial charge is 0.408 e. The standard InChI is InChI=1S/C20H26N4O4/c1-19(2,3)28-18(26)24-20(4,5)16(25)27-15-11-7-8-12-13(15)9-6-10-14(12)23-17(21)22/h6-11H,1-5H3,(H,24,26)(H4,21,22,23). The van der Waals surface area contributed by atoms with Crippen molar-refractivity contribution in [2.75, 3.05) is 0 Å². The maximum absolute atomic E-state index is 12.7. The Balaban J connectivity index is 2.27. The van der Waals surface area contributed by atoms with Crippen molar-refractivity contribution >= 4 is 34.5 Å². The number of carbonyl (C=O) groups excluding carboxylic acids is 2. The number of nitrogens with two attached hydrogens (primary N) is 2. The van der Waals surface area contributed by atoms with Gasteiger partial charge in [0.15, 0.2) is 5.96 Å². The zero-order chi connectivity index (χ0) is 21.1. The van der Waals surface area contributed by atoms with Crippen molar-refractivity contribution in [1.29, 1.82) is 0 Å². The maximum Gasteiger partial charge on any atom is 0.408 e. The Morgan fingerprint density at radius 3 is 2.18 bits per heavy atom. The van der Waals surface area contributed by atoms with Gasteiger partial charge in [-0.2, -0.15) is 0 Å². The molecule has 8 nitrogen and oxygen atoms in total. The van der Waals surface area contributed by atoms with Crippen LogP contribution in [0.5, 0.6) is 5.75 Å². The second kappa shape index (κ2) is 7.75. The van der Waals surface area contributed by atoms with Crippen LogP contribution in [-0.4, -0.2) is 29.2 Å². The SMILES string of the molecule is CC(C)(C)OC(=O)NC(C)(C)C(=O)Oc1cccc2c(N=C(N)N)cccc12. The van der Waals surface area contributed by atoms with E-state index in [1.54, 1.807) is 51.1 Å². The van der Waals surface area contributed by atoms with Crippen molar-refractivity contribution in [1.82, 2.24) is 5.32 Å². The second-order valence-electron chi connectivity index (χ2n) is 7.81. The lowest BCUT2D eigenvalue weighted by atomic mass is 10.1. The van der Waals surface area contributed by atoms with E-state index < -0.39 is 23.2 Å². The van der Waals surface area contributed by atoms with E-state index in [9.17, 15) is 9.59 Å². The van der Waals surface area contributed by atoms with Crippen molar-refractivity contribution in [3.05, 3.63) is 36.4 Å². The van der Waals surface area contributed by atoms with E-state index in [0.29, 0.717) is 16.8 Å². The number of fused-ring (bicyclic) bond motifs is 1. The van der Waals surface area contributed by atoms with Crippen molar-refractivity contribution in [2.24, 2.45) is 16.5 Å². The van der Waals surface area contributed by atoms with Crippen LogP contribution in [0.4, 0.5) is 10.5 Å². The van der Waals surface area contributed by atoms with Gasteiger partial charge in [0.05, 0.1) is 5.69 Å². The first-order valence-electron chi connectivity index (χ1n) is 8.74. The lowest BCUT2D eigenvalue weighted by Gasteiger charge is -2.27. The average Bonchev–Trinajstić information content (AvgIpc) is 2.52. The summed E-state index contributed by atoms with van der Waals surface area (Å²) >= 11 is 0. The van der Waals surface area contributed by atoms with E-state index in [1.165, 1.54) is 13.8 Å². The number of hydrogen-bond donors (Lipinski definition) is 3. The minimum atomic E-state index is -1.30. The van der Waals surface area contributed by atoms with Gasteiger partial charge in [-0.25, -0.2) is 14.6 Å². The van der Waals surface area contributed by atoms with Crippen LogP contribution in [0, 0.1) is 0 Å². The van der Waals surface area contributed by atoms with Gasteiger partial charge < -0.3 is 26.3 Å². The van der Waals surface area contributed by atoms with Crippen molar-refractivity contribution < 1.29 is 19.1 Å². The van der Waals surface area contributed by atoms with Crippen molar-refractivity contribution in [3.63, 3.8) is 0 Å². The predicted molar refractivity (Wildman–Crippen MR) is 109 cm³/mol. The van der Waals surface area contributed by atoms with Crippen LogP contribution in [0.25, 0.3) is 10.8 Å². The topological polar surface area (TPSA) is 129 Å². The Hall–Kier alpha value is -3.29. The van der Waals surface area contributed by atoms with Gasteiger partial charge in [-0.05, 0) is 46.8 Å². The third kappa shape index (κ3) is 5.35. The predicted octanol–water partition coefficient (Wildman–Crippen LogP) is 2.95. The van der Waals surface area contributed by atoms with Gasteiger partial charge in [-0.1, -0.05) is 24.3 Å². The third-order valence-corrected chi connectivity index (χ3v) is 3.64. The quantitative estimate of drug-likeness (QED) is 0.321. The van der Waals surface area contributed by atoms with Gasteiger partial charge in [0.25, 0.3) is 0 Å². The van der Waals surface area contributed by atoms with Crippen LogP contribution in [0.2, 0.25) is 0 Å². The molecular formula is C20H26N4O4. The van der Waals surface area contributed by atoms with E-state index >= 15 is 0 Å². The van der Waals surface area contributed by atoms with Gasteiger partial charge in [0.1, 0.15) is 16.9 Å². The highest BCUT2D eigenvalue weighted by molar-refractivity contribution is 6.00.